The Morgan fingerprint density at radius 3 is 2.62 bits per heavy atom. The van der Waals surface area contributed by atoms with E-state index in [1.807, 2.05) is 0 Å². The van der Waals surface area contributed by atoms with Crippen LogP contribution in [0.15, 0.2) is 48.8 Å². The number of carbonyl (C=O) groups is 1. The van der Waals surface area contributed by atoms with Crippen LogP contribution in [0.5, 0.6) is 11.5 Å². The fourth-order valence-electron chi connectivity index (χ4n) is 1.54. The minimum Gasteiger partial charge on any atom is -0.478 e. The van der Waals surface area contributed by atoms with Crippen molar-refractivity contribution in [3.05, 3.63) is 64.5 Å². The molecule has 0 aliphatic rings. The summed E-state index contributed by atoms with van der Waals surface area (Å²) >= 11 is 0. The second-order valence-electron chi connectivity index (χ2n) is 3.94. The van der Waals surface area contributed by atoms with Gasteiger partial charge in [0.1, 0.15) is 11.5 Å². The molecule has 1 aromatic heterocycles. The Morgan fingerprint density at radius 1 is 1.29 bits per heavy atom. The van der Waals surface area contributed by atoms with E-state index < -0.39 is 10.9 Å². The SMILES string of the molecule is O=C(O)/C=C/c1cnccc1Oc1ccc([N+](=O)[O-])cc1. The van der Waals surface area contributed by atoms with E-state index in [-0.39, 0.29) is 5.69 Å². The fraction of sp³-hybridized carbons (Fsp3) is 0. The standard InChI is InChI=1S/C14H10N2O5/c17-14(18)6-1-10-9-15-8-7-13(10)21-12-4-2-11(3-5-12)16(19)20/h1-9H,(H,17,18)/b6-1+. The highest BCUT2D eigenvalue weighted by atomic mass is 16.6. The number of aromatic nitrogens is 1. The Bertz CT molecular complexity index is 695. The second-order valence-corrected chi connectivity index (χ2v) is 3.94. The lowest BCUT2D eigenvalue weighted by atomic mass is 10.2. The summed E-state index contributed by atoms with van der Waals surface area (Å²) in [6.45, 7) is 0. The molecule has 1 aromatic carbocycles. The summed E-state index contributed by atoms with van der Waals surface area (Å²) in [4.78, 5) is 24.5. The van der Waals surface area contributed by atoms with Gasteiger partial charge in [-0.1, -0.05) is 0 Å². The molecule has 2 rings (SSSR count). The highest BCUT2D eigenvalue weighted by Crippen LogP contribution is 2.26. The lowest BCUT2D eigenvalue weighted by molar-refractivity contribution is -0.384. The number of hydrogen-bond acceptors (Lipinski definition) is 5. The van der Waals surface area contributed by atoms with Crippen LogP contribution in [0.3, 0.4) is 0 Å². The van der Waals surface area contributed by atoms with Gasteiger partial charge in [0.05, 0.1) is 4.92 Å². The minimum absolute atomic E-state index is 0.0388. The van der Waals surface area contributed by atoms with Crippen LogP contribution in [0.1, 0.15) is 5.56 Å². The Labute approximate surface area is 119 Å². The summed E-state index contributed by atoms with van der Waals surface area (Å²) in [6, 6.07) is 7.14. The van der Waals surface area contributed by atoms with Crippen LogP contribution in [-0.2, 0) is 4.79 Å². The molecule has 0 spiro atoms. The lowest BCUT2D eigenvalue weighted by Gasteiger charge is -2.07. The van der Waals surface area contributed by atoms with Gasteiger partial charge in [0.2, 0.25) is 0 Å². The fourth-order valence-corrected chi connectivity index (χ4v) is 1.54. The van der Waals surface area contributed by atoms with Crippen molar-refractivity contribution in [2.45, 2.75) is 0 Å². The van der Waals surface area contributed by atoms with Gasteiger partial charge in [-0.05, 0) is 24.3 Å². The molecule has 0 unspecified atom stereocenters. The molecule has 0 saturated heterocycles. The molecule has 106 valence electrons. The number of carboxylic acids is 1. The first-order chi connectivity index (χ1) is 10.1. The van der Waals surface area contributed by atoms with E-state index in [0.29, 0.717) is 17.1 Å². The van der Waals surface area contributed by atoms with Crippen LogP contribution < -0.4 is 4.74 Å². The smallest absolute Gasteiger partial charge is 0.328 e. The van der Waals surface area contributed by atoms with E-state index in [2.05, 4.69) is 4.98 Å². The van der Waals surface area contributed by atoms with E-state index in [0.717, 1.165) is 6.08 Å². The second kappa shape index (κ2) is 6.29. The first-order valence-electron chi connectivity index (χ1n) is 5.83. The third kappa shape index (κ3) is 3.87. The molecule has 0 amide bonds. The van der Waals surface area contributed by atoms with Crippen molar-refractivity contribution >= 4 is 17.7 Å². The first kappa shape index (κ1) is 14.2. The third-order valence-corrected chi connectivity index (χ3v) is 2.49. The Kier molecular flexibility index (Phi) is 4.25. The zero-order valence-corrected chi connectivity index (χ0v) is 10.7. The van der Waals surface area contributed by atoms with Gasteiger partial charge >= 0.3 is 5.97 Å². The molecule has 21 heavy (non-hydrogen) atoms. The lowest BCUT2D eigenvalue weighted by Crippen LogP contribution is -1.91. The highest BCUT2D eigenvalue weighted by Gasteiger charge is 2.07. The number of hydrogen-bond donors (Lipinski definition) is 1. The zero-order chi connectivity index (χ0) is 15.2. The predicted molar refractivity (Wildman–Crippen MR) is 74.1 cm³/mol. The average molecular weight is 286 g/mol. The average Bonchev–Trinajstić information content (AvgIpc) is 2.47. The normalized spacial score (nSPS) is 10.5. The van der Waals surface area contributed by atoms with Crippen molar-refractivity contribution in [2.24, 2.45) is 0 Å². The Morgan fingerprint density at radius 2 is 2.00 bits per heavy atom. The maximum atomic E-state index is 10.6. The number of rotatable bonds is 5. The van der Waals surface area contributed by atoms with Gasteiger partial charge in [-0.25, -0.2) is 4.79 Å². The molecule has 0 aliphatic heterocycles. The van der Waals surface area contributed by atoms with Crippen LogP contribution in [0.2, 0.25) is 0 Å². The van der Waals surface area contributed by atoms with E-state index in [1.165, 1.54) is 42.7 Å². The molecule has 1 heterocycles. The van der Waals surface area contributed by atoms with Crippen LogP contribution in [0, 0.1) is 10.1 Å². The molecule has 0 saturated carbocycles. The number of nitrogens with zero attached hydrogens (tertiary/aromatic N) is 2. The van der Waals surface area contributed by atoms with Crippen molar-refractivity contribution in [1.29, 1.82) is 0 Å². The Hall–Kier alpha value is -3.22. The molecule has 1 N–H and O–H groups in total. The largest absolute Gasteiger partial charge is 0.478 e. The zero-order valence-electron chi connectivity index (χ0n) is 10.7. The summed E-state index contributed by atoms with van der Waals surface area (Å²) in [5, 5.41) is 19.2. The number of aliphatic carboxylic acids is 1. The molecule has 7 heteroatoms. The summed E-state index contributed by atoms with van der Waals surface area (Å²) < 4.78 is 5.57. The molecule has 2 aromatic rings. The van der Waals surface area contributed by atoms with Crippen LogP contribution in [0.4, 0.5) is 5.69 Å². The number of ether oxygens (including phenoxy) is 1. The third-order valence-electron chi connectivity index (χ3n) is 2.49. The monoisotopic (exact) mass is 286 g/mol. The minimum atomic E-state index is -1.08. The highest BCUT2D eigenvalue weighted by molar-refractivity contribution is 5.85. The molecule has 7 nitrogen and oxygen atoms in total. The predicted octanol–water partition coefficient (Wildman–Crippen LogP) is 2.88. The molecule has 0 radical (unpaired) electrons. The molecule has 0 atom stereocenters. The van der Waals surface area contributed by atoms with E-state index in [4.69, 9.17) is 9.84 Å². The first-order valence-corrected chi connectivity index (χ1v) is 5.83. The maximum Gasteiger partial charge on any atom is 0.328 e. The summed E-state index contributed by atoms with van der Waals surface area (Å²) in [5.74, 6) is -0.284. The summed E-state index contributed by atoms with van der Waals surface area (Å²) in [7, 11) is 0. The van der Waals surface area contributed by atoms with Gasteiger partial charge in [-0.3, -0.25) is 15.1 Å². The van der Waals surface area contributed by atoms with Crippen molar-refractivity contribution < 1.29 is 19.6 Å². The topological polar surface area (TPSA) is 103 Å². The van der Waals surface area contributed by atoms with Crippen molar-refractivity contribution in [3.8, 4) is 11.5 Å². The van der Waals surface area contributed by atoms with Crippen LogP contribution in [0.25, 0.3) is 6.08 Å². The molecule has 0 fully saturated rings. The Balaban J connectivity index is 2.23. The number of pyridine rings is 1. The van der Waals surface area contributed by atoms with Gasteiger partial charge in [0.25, 0.3) is 5.69 Å². The number of nitro benzene ring substituents is 1. The molecule has 0 bridgehead atoms. The van der Waals surface area contributed by atoms with E-state index >= 15 is 0 Å². The van der Waals surface area contributed by atoms with Gasteiger partial charge in [0.15, 0.2) is 0 Å². The van der Waals surface area contributed by atoms with E-state index in [1.54, 1.807) is 6.07 Å². The van der Waals surface area contributed by atoms with Gasteiger partial charge in [-0.15, -0.1) is 0 Å². The number of carboxylic acid groups (broad SMARTS) is 1. The van der Waals surface area contributed by atoms with Crippen molar-refractivity contribution in [2.75, 3.05) is 0 Å². The molecular weight excluding hydrogens is 276 g/mol. The summed E-state index contributed by atoms with van der Waals surface area (Å²) in [5.41, 5.74) is 0.446. The van der Waals surface area contributed by atoms with Crippen LogP contribution >= 0.6 is 0 Å². The number of benzene rings is 1. The van der Waals surface area contributed by atoms with Crippen molar-refractivity contribution in [1.82, 2.24) is 4.98 Å². The maximum absolute atomic E-state index is 10.6. The van der Waals surface area contributed by atoms with Gasteiger partial charge in [0, 0.05) is 36.2 Å². The van der Waals surface area contributed by atoms with Crippen molar-refractivity contribution in [3.63, 3.8) is 0 Å². The molecule has 0 aliphatic carbocycles. The van der Waals surface area contributed by atoms with E-state index in [9.17, 15) is 14.9 Å². The molecular formula is C14H10N2O5. The summed E-state index contributed by atoms with van der Waals surface area (Å²) in [6.07, 6.45) is 5.29. The van der Waals surface area contributed by atoms with Crippen LogP contribution in [-0.4, -0.2) is 21.0 Å². The number of non-ortho nitro benzene ring substituents is 1. The quantitative estimate of drug-likeness (QED) is 0.515. The van der Waals surface area contributed by atoms with Gasteiger partial charge in [-0.2, -0.15) is 0 Å². The number of nitro groups is 1. The van der Waals surface area contributed by atoms with Gasteiger partial charge < -0.3 is 9.84 Å².